The summed E-state index contributed by atoms with van der Waals surface area (Å²) in [5.74, 6) is -2.13. The van der Waals surface area contributed by atoms with Crippen molar-refractivity contribution in [1.82, 2.24) is 10.2 Å². The van der Waals surface area contributed by atoms with Gasteiger partial charge < -0.3 is 10.1 Å². The van der Waals surface area contributed by atoms with Crippen molar-refractivity contribution in [2.24, 2.45) is 17.8 Å². The van der Waals surface area contributed by atoms with Gasteiger partial charge in [-0.05, 0) is 41.0 Å². The SMILES string of the molecule is CC(C)[C@H](C(=O)NC[C@@H]1CCCO1)N1C(=O)[C@@H]2C3c4ccccc4C(c4ccccc43)[C@H]2C1=O. The maximum atomic E-state index is 14.0. The Hall–Kier alpha value is -2.99. The predicted octanol–water partition coefficient (Wildman–Crippen LogP) is 3.20. The number of amides is 3. The minimum atomic E-state index is -0.822. The second kappa shape index (κ2) is 8.05. The lowest BCUT2D eigenvalue weighted by Gasteiger charge is -2.45. The van der Waals surface area contributed by atoms with Crippen molar-refractivity contribution in [3.63, 3.8) is 0 Å². The van der Waals surface area contributed by atoms with Gasteiger partial charge in [-0.2, -0.15) is 0 Å². The topological polar surface area (TPSA) is 75.7 Å². The van der Waals surface area contributed by atoms with E-state index >= 15 is 0 Å². The molecule has 0 saturated carbocycles. The van der Waals surface area contributed by atoms with E-state index in [0.717, 1.165) is 35.1 Å². The molecule has 2 bridgehead atoms. The fraction of sp³-hybridized carbons (Fsp3) is 0.464. The molecule has 0 unspecified atom stereocenters. The van der Waals surface area contributed by atoms with Crippen LogP contribution in [0.25, 0.3) is 0 Å². The number of hydrogen-bond donors (Lipinski definition) is 1. The number of nitrogens with one attached hydrogen (secondary N) is 1. The average molecular weight is 459 g/mol. The van der Waals surface area contributed by atoms with Gasteiger partial charge in [0, 0.05) is 25.0 Å². The molecule has 6 heteroatoms. The third kappa shape index (κ3) is 3.01. The third-order valence-electron chi connectivity index (χ3n) is 8.19. The Bertz CT molecular complexity index is 1050. The van der Waals surface area contributed by atoms with E-state index in [1.165, 1.54) is 4.90 Å². The molecule has 0 spiro atoms. The third-order valence-corrected chi connectivity index (χ3v) is 8.19. The first-order chi connectivity index (χ1) is 16.5. The minimum absolute atomic E-state index is 0.00386. The molecule has 2 aliphatic heterocycles. The van der Waals surface area contributed by atoms with E-state index in [9.17, 15) is 14.4 Å². The highest BCUT2D eigenvalue weighted by Gasteiger charge is 2.63. The smallest absolute Gasteiger partial charge is 0.243 e. The Balaban J connectivity index is 1.37. The van der Waals surface area contributed by atoms with Crippen LogP contribution < -0.4 is 5.32 Å². The van der Waals surface area contributed by atoms with E-state index in [-0.39, 0.29) is 41.6 Å². The van der Waals surface area contributed by atoms with E-state index in [2.05, 4.69) is 29.6 Å². The highest BCUT2D eigenvalue weighted by molar-refractivity contribution is 6.10. The quantitative estimate of drug-likeness (QED) is 0.699. The molecule has 34 heavy (non-hydrogen) atoms. The Kier molecular flexibility index (Phi) is 5.10. The zero-order valence-corrected chi connectivity index (χ0v) is 19.6. The standard InChI is InChI=1S/C28H30N2O4/c1-15(2)25(26(31)29-14-16-8-7-13-34-16)30-27(32)23-21-17-9-3-4-10-18(17)22(24(23)28(30)33)20-12-6-5-11-19(20)21/h3-6,9-12,15-16,21-25H,7-8,13-14H2,1-2H3,(H,29,31)/t16-,21?,22?,23+,24+,25+/m0/s1. The van der Waals surface area contributed by atoms with E-state index in [0.29, 0.717) is 13.2 Å². The van der Waals surface area contributed by atoms with Crippen LogP contribution in [0.3, 0.4) is 0 Å². The van der Waals surface area contributed by atoms with Crippen molar-refractivity contribution < 1.29 is 19.1 Å². The monoisotopic (exact) mass is 458 g/mol. The summed E-state index contributed by atoms with van der Waals surface area (Å²) in [4.78, 5) is 42.6. The number of hydrogen-bond acceptors (Lipinski definition) is 4. The first-order valence-corrected chi connectivity index (χ1v) is 12.4. The van der Waals surface area contributed by atoms with Crippen molar-refractivity contribution >= 4 is 17.7 Å². The number of carbonyl (C=O) groups is 3. The molecule has 3 aliphatic carbocycles. The van der Waals surface area contributed by atoms with Crippen LogP contribution in [0, 0.1) is 17.8 Å². The molecule has 1 N–H and O–H groups in total. The fourth-order valence-corrected chi connectivity index (χ4v) is 6.82. The summed E-state index contributed by atoms with van der Waals surface area (Å²) in [6, 6.07) is 15.6. The van der Waals surface area contributed by atoms with Crippen LogP contribution in [0.4, 0.5) is 0 Å². The minimum Gasteiger partial charge on any atom is -0.376 e. The van der Waals surface area contributed by atoms with Crippen molar-refractivity contribution in [3.8, 4) is 0 Å². The molecule has 2 aromatic carbocycles. The van der Waals surface area contributed by atoms with E-state index in [1.54, 1.807) is 0 Å². The zero-order valence-electron chi connectivity index (χ0n) is 19.6. The average Bonchev–Trinajstić information content (AvgIpc) is 3.46. The zero-order chi connectivity index (χ0) is 23.6. The number of imide groups is 1. The van der Waals surface area contributed by atoms with Gasteiger partial charge in [-0.25, -0.2) is 0 Å². The Morgan fingerprint density at radius 2 is 1.44 bits per heavy atom. The lowest BCUT2D eigenvalue weighted by molar-refractivity contribution is -0.149. The lowest BCUT2D eigenvalue weighted by atomic mass is 9.55. The van der Waals surface area contributed by atoms with Gasteiger partial charge in [0.1, 0.15) is 6.04 Å². The molecule has 7 rings (SSSR count). The maximum Gasteiger partial charge on any atom is 0.243 e. The molecule has 2 saturated heterocycles. The summed E-state index contributed by atoms with van der Waals surface area (Å²) in [5, 5.41) is 2.97. The normalized spacial score (nSPS) is 29.7. The molecular formula is C28H30N2O4. The number of ether oxygens (including phenoxy) is 1. The van der Waals surface area contributed by atoms with Crippen molar-refractivity contribution in [2.45, 2.75) is 50.7 Å². The van der Waals surface area contributed by atoms with Crippen LogP contribution in [-0.4, -0.2) is 47.9 Å². The summed E-state index contributed by atoms with van der Waals surface area (Å²) in [5.41, 5.74) is 4.55. The molecule has 6 nitrogen and oxygen atoms in total. The van der Waals surface area contributed by atoms with Crippen LogP contribution >= 0.6 is 0 Å². The highest BCUT2D eigenvalue weighted by Crippen LogP contribution is 2.61. The van der Waals surface area contributed by atoms with Crippen molar-refractivity contribution in [3.05, 3.63) is 70.8 Å². The molecule has 5 aliphatic rings. The van der Waals surface area contributed by atoms with Crippen molar-refractivity contribution in [2.75, 3.05) is 13.2 Å². The maximum absolute atomic E-state index is 14.0. The van der Waals surface area contributed by atoms with Crippen LogP contribution in [0.1, 0.15) is 60.8 Å². The van der Waals surface area contributed by atoms with Crippen LogP contribution in [0.15, 0.2) is 48.5 Å². The molecule has 4 atom stereocenters. The van der Waals surface area contributed by atoms with E-state index in [4.69, 9.17) is 4.74 Å². The largest absolute Gasteiger partial charge is 0.376 e. The van der Waals surface area contributed by atoms with Gasteiger partial charge in [0.05, 0.1) is 17.9 Å². The first kappa shape index (κ1) is 21.5. The molecule has 3 amide bonds. The second-order valence-corrected chi connectivity index (χ2v) is 10.4. The van der Waals surface area contributed by atoms with Crippen LogP contribution in [-0.2, 0) is 19.1 Å². The second-order valence-electron chi connectivity index (χ2n) is 10.4. The summed E-state index contributed by atoms with van der Waals surface area (Å²) >= 11 is 0. The summed E-state index contributed by atoms with van der Waals surface area (Å²) in [6.45, 7) is 4.92. The molecule has 0 aromatic heterocycles. The van der Waals surface area contributed by atoms with Gasteiger partial charge in [0.15, 0.2) is 0 Å². The van der Waals surface area contributed by atoms with Gasteiger partial charge in [-0.1, -0.05) is 62.4 Å². The first-order valence-electron chi connectivity index (χ1n) is 12.4. The van der Waals surface area contributed by atoms with Crippen molar-refractivity contribution in [1.29, 1.82) is 0 Å². The summed E-state index contributed by atoms with van der Waals surface area (Å²) in [7, 11) is 0. The van der Waals surface area contributed by atoms with Crippen LogP contribution in [0.2, 0.25) is 0 Å². The number of likely N-dealkylation sites (tertiary alicyclic amines) is 1. The molecule has 2 fully saturated rings. The van der Waals surface area contributed by atoms with Gasteiger partial charge in [0.25, 0.3) is 0 Å². The van der Waals surface area contributed by atoms with Gasteiger partial charge in [-0.3, -0.25) is 19.3 Å². The van der Waals surface area contributed by atoms with Gasteiger partial charge in [-0.15, -0.1) is 0 Å². The Labute approximate surface area is 199 Å². The van der Waals surface area contributed by atoms with E-state index in [1.807, 2.05) is 38.1 Å². The van der Waals surface area contributed by atoms with Crippen LogP contribution in [0.5, 0.6) is 0 Å². The molecular weight excluding hydrogens is 428 g/mol. The van der Waals surface area contributed by atoms with Gasteiger partial charge in [0.2, 0.25) is 17.7 Å². The Morgan fingerprint density at radius 1 is 0.941 bits per heavy atom. The van der Waals surface area contributed by atoms with E-state index < -0.39 is 17.9 Å². The number of benzene rings is 2. The van der Waals surface area contributed by atoms with Gasteiger partial charge >= 0.3 is 0 Å². The summed E-state index contributed by atoms with van der Waals surface area (Å²) in [6.07, 6.45) is 1.91. The molecule has 176 valence electrons. The Morgan fingerprint density at radius 3 is 1.85 bits per heavy atom. The number of rotatable bonds is 5. The number of nitrogens with zero attached hydrogens (tertiary/aromatic N) is 1. The highest BCUT2D eigenvalue weighted by atomic mass is 16.5. The fourth-order valence-electron chi connectivity index (χ4n) is 6.82. The molecule has 2 aromatic rings. The predicted molar refractivity (Wildman–Crippen MR) is 126 cm³/mol. The molecule has 0 radical (unpaired) electrons. The summed E-state index contributed by atoms with van der Waals surface area (Å²) < 4.78 is 5.63. The number of carbonyl (C=O) groups excluding carboxylic acids is 3. The lowest BCUT2D eigenvalue weighted by Crippen LogP contribution is -2.53. The molecule has 2 heterocycles.